The van der Waals surface area contributed by atoms with Crippen LogP contribution in [0.5, 0.6) is 0 Å². The molecule has 1 aliphatic rings. The Balaban J connectivity index is 1.81. The Hall–Kier alpha value is -2.14. The minimum Gasteiger partial charge on any atom is -0.339 e. The monoisotopic (exact) mass is 356 g/mol. The van der Waals surface area contributed by atoms with Crippen LogP contribution in [0.4, 0.5) is 5.69 Å². The zero-order valence-electron chi connectivity index (χ0n) is 15.0. The summed E-state index contributed by atoms with van der Waals surface area (Å²) in [5, 5.41) is 2.98. The van der Waals surface area contributed by atoms with Crippen molar-refractivity contribution in [3.05, 3.63) is 50.7 Å². The molecule has 5 heteroatoms. The van der Waals surface area contributed by atoms with Crippen molar-refractivity contribution in [3.8, 4) is 0 Å². The second-order valence-corrected chi connectivity index (χ2v) is 7.64. The first-order valence-electron chi connectivity index (χ1n) is 8.80. The fourth-order valence-electron chi connectivity index (χ4n) is 3.26. The molecule has 0 saturated carbocycles. The average Bonchev–Trinajstić information content (AvgIpc) is 3.25. The molecule has 0 spiro atoms. The van der Waals surface area contributed by atoms with Crippen molar-refractivity contribution in [2.75, 3.05) is 18.4 Å². The van der Waals surface area contributed by atoms with Gasteiger partial charge < -0.3 is 10.2 Å². The summed E-state index contributed by atoms with van der Waals surface area (Å²) in [4.78, 5) is 29.1. The first-order valence-corrected chi connectivity index (χ1v) is 9.62. The predicted molar refractivity (Wildman–Crippen MR) is 103 cm³/mol. The van der Waals surface area contributed by atoms with Gasteiger partial charge in [0.1, 0.15) is 0 Å². The van der Waals surface area contributed by atoms with Crippen LogP contribution >= 0.6 is 11.3 Å². The lowest BCUT2D eigenvalue weighted by atomic mass is 10.1. The van der Waals surface area contributed by atoms with Crippen LogP contribution in [0, 0.1) is 13.8 Å². The van der Waals surface area contributed by atoms with E-state index in [0.717, 1.165) is 43.5 Å². The number of nitrogens with zero attached hydrogens (tertiary/aromatic N) is 1. The number of hydrogen-bond donors (Lipinski definition) is 1. The molecule has 1 aliphatic heterocycles. The molecular weight excluding hydrogens is 332 g/mol. The van der Waals surface area contributed by atoms with E-state index in [1.54, 1.807) is 0 Å². The van der Waals surface area contributed by atoms with Crippen LogP contribution < -0.4 is 5.32 Å². The molecular formula is C20H24N2O2S. The van der Waals surface area contributed by atoms with E-state index in [9.17, 15) is 9.59 Å². The van der Waals surface area contributed by atoms with E-state index >= 15 is 0 Å². The summed E-state index contributed by atoms with van der Waals surface area (Å²) >= 11 is 1.54. The lowest BCUT2D eigenvalue weighted by Crippen LogP contribution is -2.28. The molecule has 1 fully saturated rings. The fourth-order valence-corrected chi connectivity index (χ4v) is 4.27. The van der Waals surface area contributed by atoms with Gasteiger partial charge in [-0.25, -0.2) is 0 Å². The Kier molecular flexibility index (Phi) is 5.23. The quantitative estimate of drug-likeness (QED) is 0.882. The molecule has 1 N–H and O–H groups in total. The molecule has 2 aromatic rings. The van der Waals surface area contributed by atoms with Gasteiger partial charge in [-0.15, -0.1) is 11.3 Å². The van der Waals surface area contributed by atoms with Gasteiger partial charge in [-0.05, 0) is 62.4 Å². The summed E-state index contributed by atoms with van der Waals surface area (Å²) in [6.07, 6.45) is 3.07. The number of anilines is 1. The molecule has 0 aliphatic carbocycles. The van der Waals surface area contributed by atoms with Gasteiger partial charge in [0, 0.05) is 29.2 Å². The lowest BCUT2D eigenvalue weighted by molar-refractivity contribution is 0.0791. The molecule has 2 heterocycles. The van der Waals surface area contributed by atoms with Gasteiger partial charge in [0.25, 0.3) is 11.8 Å². The summed E-state index contributed by atoms with van der Waals surface area (Å²) in [6.45, 7) is 7.67. The molecule has 1 aromatic heterocycles. The molecule has 0 radical (unpaired) electrons. The van der Waals surface area contributed by atoms with Gasteiger partial charge in [-0.1, -0.05) is 13.0 Å². The van der Waals surface area contributed by atoms with Crippen molar-refractivity contribution in [1.82, 2.24) is 4.90 Å². The van der Waals surface area contributed by atoms with Crippen molar-refractivity contribution in [3.63, 3.8) is 0 Å². The largest absolute Gasteiger partial charge is 0.339 e. The number of aryl methyl sites for hydroxylation is 2. The van der Waals surface area contributed by atoms with Gasteiger partial charge in [-0.3, -0.25) is 9.59 Å². The normalized spacial score (nSPS) is 14.0. The van der Waals surface area contributed by atoms with E-state index in [1.807, 2.05) is 43.0 Å². The molecule has 1 saturated heterocycles. The topological polar surface area (TPSA) is 49.4 Å². The number of nitrogens with one attached hydrogen (secondary N) is 1. The van der Waals surface area contributed by atoms with Crippen molar-refractivity contribution in [2.24, 2.45) is 0 Å². The number of benzene rings is 1. The lowest BCUT2D eigenvalue weighted by Gasteiger charge is -2.18. The molecule has 1 aromatic carbocycles. The summed E-state index contributed by atoms with van der Waals surface area (Å²) in [5.41, 5.74) is 3.37. The van der Waals surface area contributed by atoms with Crippen LogP contribution in [-0.4, -0.2) is 29.8 Å². The van der Waals surface area contributed by atoms with Crippen LogP contribution in [-0.2, 0) is 6.42 Å². The van der Waals surface area contributed by atoms with Gasteiger partial charge in [0.15, 0.2) is 0 Å². The van der Waals surface area contributed by atoms with E-state index in [2.05, 4.69) is 12.2 Å². The zero-order valence-corrected chi connectivity index (χ0v) is 15.8. The van der Waals surface area contributed by atoms with E-state index in [4.69, 9.17) is 0 Å². The fraction of sp³-hybridized carbons (Fsp3) is 0.400. The van der Waals surface area contributed by atoms with Gasteiger partial charge in [0.2, 0.25) is 0 Å². The number of hydrogen-bond acceptors (Lipinski definition) is 3. The number of carbonyl (C=O) groups is 2. The SMILES string of the molecule is CCc1sc(C(=O)Nc2cccc(C(=O)N3CCCC3)c2C)cc1C. The van der Waals surface area contributed by atoms with Gasteiger partial charge >= 0.3 is 0 Å². The third-order valence-corrected chi connectivity index (χ3v) is 6.15. The Morgan fingerprint density at radius 1 is 1.20 bits per heavy atom. The molecule has 2 amide bonds. The maximum absolute atomic E-state index is 12.7. The highest BCUT2D eigenvalue weighted by Gasteiger charge is 2.22. The van der Waals surface area contributed by atoms with E-state index < -0.39 is 0 Å². The van der Waals surface area contributed by atoms with Crippen LogP contribution in [0.15, 0.2) is 24.3 Å². The molecule has 0 bridgehead atoms. The molecule has 3 rings (SSSR count). The molecule has 4 nitrogen and oxygen atoms in total. The smallest absolute Gasteiger partial charge is 0.265 e. The van der Waals surface area contributed by atoms with Crippen molar-refractivity contribution in [1.29, 1.82) is 0 Å². The maximum atomic E-state index is 12.7. The summed E-state index contributed by atoms with van der Waals surface area (Å²) in [5.74, 6) is -0.0481. The second kappa shape index (κ2) is 7.40. The number of likely N-dealkylation sites (tertiary alicyclic amines) is 1. The van der Waals surface area contributed by atoms with E-state index in [0.29, 0.717) is 16.1 Å². The number of amides is 2. The third-order valence-electron chi connectivity index (χ3n) is 4.77. The summed E-state index contributed by atoms with van der Waals surface area (Å²) in [6, 6.07) is 7.47. The van der Waals surface area contributed by atoms with Crippen molar-refractivity contribution >= 4 is 28.8 Å². The van der Waals surface area contributed by atoms with Crippen LogP contribution in [0.1, 0.15) is 55.8 Å². The molecule has 0 atom stereocenters. The van der Waals surface area contributed by atoms with E-state index in [-0.39, 0.29) is 11.8 Å². The maximum Gasteiger partial charge on any atom is 0.265 e. The van der Waals surface area contributed by atoms with Crippen molar-refractivity contribution < 1.29 is 9.59 Å². The van der Waals surface area contributed by atoms with Crippen LogP contribution in [0.2, 0.25) is 0 Å². The van der Waals surface area contributed by atoms with E-state index in [1.165, 1.54) is 16.2 Å². The minimum atomic E-state index is -0.110. The highest BCUT2D eigenvalue weighted by Crippen LogP contribution is 2.26. The van der Waals surface area contributed by atoms with Crippen LogP contribution in [0.3, 0.4) is 0 Å². The molecule has 132 valence electrons. The molecule has 25 heavy (non-hydrogen) atoms. The Morgan fingerprint density at radius 3 is 2.56 bits per heavy atom. The summed E-state index contributed by atoms with van der Waals surface area (Å²) in [7, 11) is 0. The summed E-state index contributed by atoms with van der Waals surface area (Å²) < 4.78 is 0. The van der Waals surface area contributed by atoms with Crippen molar-refractivity contribution in [2.45, 2.75) is 40.0 Å². The van der Waals surface area contributed by atoms with Crippen LogP contribution in [0.25, 0.3) is 0 Å². The third kappa shape index (κ3) is 3.61. The average molecular weight is 356 g/mol. The standard InChI is InChI=1S/C20H24N2O2S/c1-4-17-13(2)12-18(25-17)19(23)21-16-9-7-8-15(14(16)3)20(24)22-10-5-6-11-22/h7-9,12H,4-6,10-11H2,1-3H3,(H,21,23). The predicted octanol–water partition coefficient (Wildman–Crippen LogP) is 4.42. The Labute approximate surface area is 152 Å². The molecule has 0 unspecified atom stereocenters. The number of rotatable bonds is 4. The highest BCUT2D eigenvalue weighted by molar-refractivity contribution is 7.14. The first kappa shape index (κ1) is 17.7. The van der Waals surface area contributed by atoms with Gasteiger partial charge in [-0.2, -0.15) is 0 Å². The van der Waals surface area contributed by atoms with Gasteiger partial charge in [0.05, 0.1) is 4.88 Å². The Bertz CT molecular complexity index is 804. The minimum absolute atomic E-state index is 0.0614. The second-order valence-electron chi connectivity index (χ2n) is 6.50. The first-order chi connectivity index (χ1) is 12.0. The zero-order chi connectivity index (χ0) is 18.0. The number of carbonyl (C=O) groups excluding carboxylic acids is 2. The number of thiophene rings is 1. The Morgan fingerprint density at radius 2 is 1.92 bits per heavy atom. The highest BCUT2D eigenvalue weighted by atomic mass is 32.1.